The largest absolute Gasteiger partial charge is 0.444 e. The third-order valence-corrected chi connectivity index (χ3v) is 9.21. The Labute approximate surface area is 230 Å². The Balaban J connectivity index is 1.11. The van der Waals surface area contributed by atoms with Gasteiger partial charge < -0.3 is 14.2 Å². The lowest BCUT2D eigenvalue weighted by atomic mass is 9.65. The fraction of sp³-hybridized carbons (Fsp3) is 0.667. The van der Waals surface area contributed by atoms with Crippen molar-refractivity contribution in [2.24, 2.45) is 11.3 Å². The summed E-state index contributed by atoms with van der Waals surface area (Å²) < 4.78 is 7.94. The molecule has 6 rings (SSSR count). The van der Waals surface area contributed by atoms with Crippen molar-refractivity contribution in [2.75, 3.05) is 24.5 Å². The second-order valence-electron chi connectivity index (χ2n) is 13.2. The van der Waals surface area contributed by atoms with Crippen LogP contribution in [0.4, 0.5) is 15.3 Å². The lowest BCUT2D eigenvalue weighted by Gasteiger charge is -2.46. The second-order valence-corrected chi connectivity index (χ2v) is 13.2. The van der Waals surface area contributed by atoms with E-state index in [1.54, 1.807) is 11.1 Å². The second kappa shape index (κ2) is 9.82. The van der Waals surface area contributed by atoms with E-state index >= 15 is 0 Å². The smallest absolute Gasteiger partial charge is 0.410 e. The normalized spacial score (nSPS) is 22.4. The highest BCUT2D eigenvalue weighted by atomic mass is 16.6. The molecule has 9 heteroatoms. The highest BCUT2D eigenvalue weighted by Gasteiger charge is 2.40. The zero-order chi connectivity index (χ0) is 27.4. The van der Waals surface area contributed by atoms with Crippen LogP contribution in [0.1, 0.15) is 90.0 Å². The molecular weight excluding hydrogens is 494 g/mol. The van der Waals surface area contributed by atoms with Gasteiger partial charge in [0.15, 0.2) is 0 Å². The van der Waals surface area contributed by atoms with Crippen LogP contribution in [0.25, 0.3) is 11.0 Å². The van der Waals surface area contributed by atoms with Gasteiger partial charge in [0.1, 0.15) is 11.2 Å². The van der Waals surface area contributed by atoms with Crippen LogP contribution in [0.2, 0.25) is 0 Å². The fourth-order valence-electron chi connectivity index (χ4n) is 6.74. The summed E-state index contributed by atoms with van der Waals surface area (Å²) >= 11 is 0. The minimum atomic E-state index is -0.453. The molecule has 0 atom stereocenters. The van der Waals surface area contributed by atoms with Gasteiger partial charge in [-0.05, 0) is 101 Å². The Morgan fingerprint density at radius 1 is 1.08 bits per heavy atom. The standard InChI is InChI=1S/C30H41N5O4/c1-29(2,3)39-28(38)33-14-11-30(12-15-33)9-6-20(7-10-30)18-34-19-24(21-4-5-21)23-16-22(17-31-26(23)34)35-13-8-25(36)32-27(35)37/h16-17,19-21H,4-15,18H2,1-3H3,(H,32,36,37). The summed E-state index contributed by atoms with van der Waals surface area (Å²) in [4.78, 5) is 44.9. The minimum absolute atomic E-state index is 0.179. The predicted molar refractivity (Wildman–Crippen MR) is 149 cm³/mol. The molecule has 4 amide bonds. The van der Waals surface area contributed by atoms with E-state index in [1.807, 2.05) is 25.7 Å². The SMILES string of the molecule is CC(C)(C)OC(=O)N1CCC2(CCC(Cn3cc(C4CC4)c4cc(N5CCC(=O)NC5=O)cnc43)CC2)CC1. The van der Waals surface area contributed by atoms with E-state index in [9.17, 15) is 14.4 Å². The third kappa shape index (κ3) is 5.50. The van der Waals surface area contributed by atoms with Crippen LogP contribution < -0.4 is 10.2 Å². The van der Waals surface area contributed by atoms with E-state index in [-0.39, 0.29) is 18.0 Å². The van der Waals surface area contributed by atoms with Crippen LogP contribution in [-0.4, -0.2) is 57.7 Å². The molecule has 0 aromatic carbocycles. The number of hydrogen-bond acceptors (Lipinski definition) is 5. The Kier molecular flexibility index (Phi) is 6.58. The number of imide groups is 1. The molecule has 39 heavy (non-hydrogen) atoms. The van der Waals surface area contributed by atoms with Crippen molar-refractivity contribution >= 4 is 34.8 Å². The molecule has 9 nitrogen and oxygen atoms in total. The van der Waals surface area contributed by atoms with Gasteiger partial charge in [-0.2, -0.15) is 0 Å². The zero-order valence-corrected chi connectivity index (χ0v) is 23.5. The molecular formula is C30H41N5O4. The van der Waals surface area contributed by atoms with E-state index in [2.05, 4.69) is 22.1 Å². The molecule has 2 aliphatic heterocycles. The number of carbonyl (C=O) groups is 3. The van der Waals surface area contributed by atoms with Crippen molar-refractivity contribution in [3.05, 3.63) is 24.0 Å². The minimum Gasteiger partial charge on any atom is -0.444 e. The van der Waals surface area contributed by atoms with Gasteiger partial charge in [0, 0.05) is 44.2 Å². The number of likely N-dealkylation sites (tertiary alicyclic amines) is 1. The molecule has 2 saturated carbocycles. The van der Waals surface area contributed by atoms with Crippen molar-refractivity contribution in [3.63, 3.8) is 0 Å². The first-order valence-electron chi connectivity index (χ1n) is 14.7. The molecule has 4 aliphatic rings. The maximum atomic E-state index is 12.5. The monoisotopic (exact) mass is 535 g/mol. The molecule has 2 aromatic rings. The van der Waals surface area contributed by atoms with Crippen molar-refractivity contribution < 1.29 is 19.1 Å². The van der Waals surface area contributed by atoms with Gasteiger partial charge in [-0.1, -0.05) is 0 Å². The summed E-state index contributed by atoms with van der Waals surface area (Å²) in [5, 5.41) is 3.56. The molecule has 210 valence electrons. The number of pyridine rings is 1. The Bertz CT molecular complexity index is 1270. The number of ether oxygens (including phenoxy) is 1. The summed E-state index contributed by atoms with van der Waals surface area (Å²) in [7, 11) is 0. The van der Waals surface area contributed by atoms with Crippen LogP contribution in [0.3, 0.4) is 0 Å². The number of nitrogens with one attached hydrogen (secondary N) is 1. The first-order chi connectivity index (χ1) is 18.6. The molecule has 2 saturated heterocycles. The van der Waals surface area contributed by atoms with Crippen LogP contribution in [0.5, 0.6) is 0 Å². The van der Waals surface area contributed by atoms with Crippen LogP contribution in [-0.2, 0) is 16.1 Å². The van der Waals surface area contributed by atoms with E-state index in [4.69, 9.17) is 9.72 Å². The van der Waals surface area contributed by atoms with Crippen LogP contribution >= 0.6 is 0 Å². The van der Waals surface area contributed by atoms with Crippen molar-refractivity contribution in [2.45, 2.75) is 96.6 Å². The number of nitrogens with zero attached hydrogens (tertiary/aromatic N) is 4. The number of hydrogen-bond donors (Lipinski definition) is 1. The number of amides is 4. The molecule has 2 aromatic heterocycles. The van der Waals surface area contributed by atoms with E-state index in [0.717, 1.165) is 49.2 Å². The number of piperidine rings is 1. The number of fused-ring (bicyclic) bond motifs is 1. The first kappa shape index (κ1) is 26.1. The summed E-state index contributed by atoms with van der Waals surface area (Å²) in [6.45, 7) is 8.70. The van der Waals surface area contributed by atoms with E-state index in [0.29, 0.717) is 30.2 Å². The van der Waals surface area contributed by atoms with Crippen LogP contribution in [0.15, 0.2) is 18.5 Å². The Morgan fingerprint density at radius 2 is 1.79 bits per heavy atom. The summed E-state index contributed by atoms with van der Waals surface area (Å²) in [5.74, 6) is 0.966. The quantitative estimate of drug-likeness (QED) is 0.552. The highest BCUT2D eigenvalue weighted by molar-refractivity contribution is 6.06. The number of urea groups is 1. The number of aromatic nitrogens is 2. The summed E-state index contributed by atoms with van der Waals surface area (Å²) in [6.07, 6.45) is 13.6. The molecule has 0 radical (unpaired) electrons. The number of carbonyl (C=O) groups excluding carboxylic acids is 3. The first-order valence-corrected chi connectivity index (χ1v) is 14.7. The lowest BCUT2D eigenvalue weighted by Crippen LogP contribution is -2.49. The summed E-state index contributed by atoms with van der Waals surface area (Å²) in [6, 6.07) is 1.73. The summed E-state index contributed by atoms with van der Waals surface area (Å²) in [5.41, 5.74) is 3.00. The molecule has 0 bridgehead atoms. The lowest BCUT2D eigenvalue weighted by molar-refractivity contribution is -0.120. The van der Waals surface area contributed by atoms with E-state index in [1.165, 1.54) is 44.1 Å². The highest BCUT2D eigenvalue weighted by Crippen LogP contribution is 2.48. The molecule has 4 fully saturated rings. The van der Waals surface area contributed by atoms with Gasteiger partial charge in [-0.25, -0.2) is 14.6 Å². The Hall–Kier alpha value is -3.10. The van der Waals surface area contributed by atoms with Crippen LogP contribution in [0, 0.1) is 11.3 Å². The molecule has 1 spiro atoms. The predicted octanol–water partition coefficient (Wildman–Crippen LogP) is 5.57. The zero-order valence-electron chi connectivity index (χ0n) is 23.5. The Morgan fingerprint density at radius 3 is 2.44 bits per heavy atom. The topological polar surface area (TPSA) is 96.8 Å². The third-order valence-electron chi connectivity index (χ3n) is 9.21. The average molecular weight is 536 g/mol. The van der Waals surface area contributed by atoms with Gasteiger partial charge in [0.25, 0.3) is 0 Å². The van der Waals surface area contributed by atoms with Crippen molar-refractivity contribution in [3.8, 4) is 0 Å². The van der Waals surface area contributed by atoms with Gasteiger partial charge >= 0.3 is 12.1 Å². The van der Waals surface area contributed by atoms with Gasteiger partial charge in [0.2, 0.25) is 5.91 Å². The van der Waals surface area contributed by atoms with Gasteiger partial charge in [-0.3, -0.25) is 15.0 Å². The van der Waals surface area contributed by atoms with Gasteiger partial charge in [0.05, 0.1) is 11.9 Å². The molecule has 4 heterocycles. The molecule has 2 aliphatic carbocycles. The van der Waals surface area contributed by atoms with E-state index < -0.39 is 5.60 Å². The van der Waals surface area contributed by atoms with Crippen molar-refractivity contribution in [1.82, 2.24) is 19.8 Å². The maximum absolute atomic E-state index is 12.5. The average Bonchev–Trinajstić information content (AvgIpc) is 3.67. The fourth-order valence-corrected chi connectivity index (χ4v) is 6.74. The number of rotatable bonds is 4. The van der Waals surface area contributed by atoms with Crippen molar-refractivity contribution in [1.29, 1.82) is 0 Å². The number of anilines is 1. The molecule has 0 unspecified atom stereocenters. The molecule has 1 N–H and O–H groups in total. The van der Waals surface area contributed by atoms with Gasteiger partial charge in [-0.15, -0.1) is 0 Å². The maximum Gasteiger partial charge on any atom is 0.410 e.